The standard InChI is InChI=1S/C23H26N6OS/c1-22(2)19(6-7-23(22,3)25)28-20-15(21(24)30)10-27-29-11-14(8-17(20)29)13-4-5-16-18(9-13)31-12-26-16/h4-5,8-12,19,28H,6-7,25H2,1-3H3,(H2,24,30)/t19-,23+/m1/s1. The number of amides is 1. The fraction of sp³-hybridized carbons (Fsp3) is 0.348. The lowest BCUT2D eigenvalue weighted by atomic mass is 9.75. The molecule has 0 radical (unpaired) electrons. The summed E-state index contributed by atoms with van der Waals surface area (Å²) in [5, 5.41) is 8.06. The fourth-order valence-corrected chi connectivity index (χ4v) is 5.26. The molecule has 3 aromatic heterocycles. The van der Waals surface area contributed by atoms with Crippen LogP contribution in [0.25, 0.3) is 26.9 Å². The van der Waals surface area contributed by atoms with Gasteiger partial charge in [0.25, 0.3) is 5.91 Å². The first-order chi connectivity index (χ1) is 14.7. The molecule has 2 atom stereocenters. The number of fused-ring (bicyclic) bond motifs is 2. The average Bonchev–Trinajstić information content (AvgIpc) is 3.40. The summed E-state index contributed by atoms with van der Waals surface area (Å²) < 4.78 is 2.93. The summed E-state index contributed by atoms with van der Waals surface area (Å²) in [6, 6.07) is 8.36. The minimum atomic E-state index is -0.502. The van der Waals surface area contributed by atoms with Crippen LogP contribution in [0.15, 0.2) is 42.2 Å². The average molecular weight is 435 g/mol. The number of benzene rings is 1. The number of anilines is 1. The van der Waals surface area contributed by atoms with Crippen LogP contribution in [-0.2, 0) is 0 Å². The molecular weight excluding hydrogens is 408 g/mol. The second-order valence-electron chi connectivity index (χ2n) is 9.27. The third-order valence-electron chi connectivity index (χ3n) is 7.18. The van der Waals surface area contributed by atoms with Crippen molar-refractivity contribution < 1.29 is 4.79 Å². The van der Waals surface area contributed by atoms with E-state index in [2.05, 4.69) is 48.3 Å². The van der Waals surface area contributed by atoms with Crippen LogP contribution in [0.3, 0.4) is 0 Å². The molecule has 5 N–H and O–H groups in total. The van der Waals surface area contributed by atoms with Crippen LogP contribution in [0, 0.1) is 5.41 Å². The molecule has 4 aromatic rings. The number of hydrogen-bond acceptors (Lipinski definition) is 6. The Hall–Kier alpha value is -2.97. The van der Waals surface area contributed by atoms with Gasteiger partial charge in [0.2, 0.25) is 0 Å². The molecule has 1 amide bonds. The van der Waals surface area contributed by atoms with E-state index in [-0.39, 0.29) is 17.0 Å². The molecule has 1 aromatic carbocycles. The summed E-state index contributed by atoms with van der Waals surface area (Å²) in [6.45, 7) is 6.44. The smallest absolute Gasteiger partial charge is 0.252 e. The van der Waals surface area contributed by atoms with E-state index in [1.165, 1.54) is 6.20 Å². The Bertz CT molecular complexity index is 1320. The SMILES string of the molecule is CC1(C)[C@H](Nc2c(C(N)=O)cnn3cc(-c4ccc5ncsc5c4)cc23)CC[C@]1(C)N. The molecule has 31 heavy (non-hydrogen) atoms. The van der Waals surface area contributed by atoms with Crippen LogP contribution >= 0.6 is 11.3 Å². The molecule has 5 rings (SSSR count). The maximum atomic E-state index is 12.2. The van der Waals surface area contributed by atoms with Crippen molar-refractivity contribution in [2.24, 2.45) is 16.9 Å². The number of nitrogens with one attached hydrogen (secondary N) is 1. The molecule has 1 aliphatic carbocycles. The minimum absolute atomic E-state index is 0.110. The number of carbonyl (C=O) groups excluding carboxylic acids is 1. The van der Waals surface area contributed by atoms with Crippen LogP contribution in [-0.4, -0.2) is 32.1 Å². The first-order valence-corrected chi connectivity index (χ1v) is 11.3. The van der Waals surface area contributed by atoms with Crippen molar-refractivity contribution in [1.29, 1.82) is 0 Å². The molecule has 1 saturated carbocycles. The fourth-order valence-electron chi connectivity index (χ4n) is 4.54. The van der Waals surface area contributed by atoms with E-state index in [1.54, 1.807) is 15.9 Å². The van der Waals surface area contributed by atoms with Gasteiger partial charge in [0, 0.05) is 28.8 Å². The summed E-state index contributed by atoms with van der Waals surface area (Å²) in [5.41, 5.74) is 18.7. The van der Waals surface area contributed by atoms with Gasteiger partial charge < -0.3 is 16.8 Å². The molecule has 0 saturated heterocycles. The van der Waals surface area contributed by atoms with E-state index in [0.29, 0.717) is 11.3 Å². The zero-order chi connectivity index (χ0) is 22.0. The van der Waals surface area contributed by atoms with Gasteiger partial charge in [0.05, 0.1) is 38.7 Å². The Morgan fingerprint density at radius 2 is 2.06 bits per heavy atom. The summed E-state index contributed by atoms with van der Waals surface area (Å²) >= 11 is 1.61. The van der Waals surface area contributed by atoms with Gasteiger partial charge in [-0.15, -0.1) is 11.3 Å². The van der Waals surface area contributed by atoms with Crippen LogP contribution in [0.4, 0.5) is 5.69 Å². The van der Waals surface area contributed by atoms with Crippen molar-refractivity contribution in [3.8, 4) is 11.1 Å². The van der Waals surface area contributed by atoms with Crippen molar-refractivity contribution in [3.63, 3.8) is 0 Å². The molecule has 3 heterocycles. The topological polar surface area (TPSA) is 111 Å². The monoisotopic (exact) mass is 434 g/mol. The van der Waals surface area contributed by atoms with Crippen LogP contribution < -0.4 is 16.8 Å². The number of nitrogens with zero attached hydrogens (tertiary/aromatic N) is 3. The van der Waals surface area contributed by atoms with E-state index < -0.39 is 5.91 Å². The van der Waals surface area contributed by atoms with E-state index in [1.807, 2.05) is 23.8 Å². The quantitative estimate of drug-likeness (QED) is 0.449. The Morgan fingerprint density at radius 3 is 2.77 bits per heavy atom. The normalized spacial score (nSPS) is 22.9. The maximum absolute atomic E-state index is 12.2. The molecule has 8 heteroatoms. The highest BCUT2D eigenvalue weighted by Gasteiger charge is 2.49. The number of aromatic nitrogens is 3. The van der Waals surface area contributed by atoms with Crippen LogP contribution in [0.2, 0.25) is 0 Å². The minimum Gasteiger partial charge on any atom is -0.379 e. The largest absolute Gasteiger partial charge is 0.379 e. The lowest BCUT2D eigenvalue weighted by Crippen LogP contribution is -2.51. The van der Waals surface area contributed by atoms with Crippen molar-refractivity contribution in [3.05, 3.63) is 47.7 Å². The summed E-state index contributed by atoms with van der Waals surface area (Å²) in [4.78, 5) is 16.6. The van der Waals surface area contributed by atoms with Crippen LogP contribution in [0.1, 0.15) is 44.0 Å². The molecule has 1 fully saturated rings. The first kappa shape index (κ1) is 20.0. The number of primary amides is 1. The van der Waals surface area contributed by atoms with Gasteiger partial charge in [-0.05, 0) is 43.5 Å². The predicted molar refractivity (Wildman–Crippen MR) is 125 cm³/mol. The van der Waals surface area contributed by atoms with E-state index in [4.69, 9.17) is 11.5 Å². The maximum Gasteiger partial charge on any atom is 0.252 e. The lowest BCUT2D eigenvalue weighted by Gasteiger charge is -2.39. The van der Waals surface area contributed by atoms with E-state index >= 15 is 0 Å². The van der Waals surface area contributed by atoms with Gasteiger partial charge in [-0.1, -0.05) is 19.9 Å². The van der Waals surface area contributed by atoms with Crippen molar-refractivity contribution >= 4 is 38.7 Å². The Labute approximate surface area is 184 Å². The highest BCUT2D eigenvalue weighted by molar-refractivity contribution is 7.16. The molecular formula is C23H26N6OS. The summed E-state index contributed by atoms with van der Waals surface area (Å²) in [7, 11) is 0. The molecule has 160 valence electrons. The second-order valence-corrected chi connectivity index (χ2v) is 10.2. The lowest BCUT2D eigenvalue weighted by molar-refractivity contribution is 0.100. The first-order valence-electron chi connectivity index (χ1n) is 10.4. The zero-order valence-corrected chi connectivity index (χ0v) is 18.7. The van der Waals surface area contributed by atoms with Crippen molar-refractivity contribution in [1.82, 2.24) is 14.6 Å². The summed E-state index contributed by atoms with van der Waals surface area (Å²) in [5.74, 6) is -0.502. The zero-order valence-electron chi connectivity index (χ0n) is 17.8. The molecule has 7 nitrogen and oxygen atoms in total. The number of rotatable bonds is 4. The third-order valence-corrected chi connectivity index (χ3v) is 7.97. The van der Waals surface area contributed by atoms with E-state index in [9.17, 15) is 4.79 Å². The Balaban J connectivity index is 1.62. The van der Waals surface area contributed by atoms with E-state index in [0.717, 1.165) is 39.7 Å². The number of carbonyl (C=O) groups is 1. The number of nitrogens with two attached hydrogens (primary N) is 2. The molecule has 1 aliphatic rings. The number of hydrogen-bond donors (Lipinski definition) is 3. The number of thiazole rings is 1. The van der Waals surface area contributed by atoms with Gasteiger partial charge in [-0.2, -0.15) is 5.10 Å². The Kier molecular flexibility index (Phi) is 4.36. The van der Waals surface area contributed by atoms with Gasteiger partial charge >= 0.3 is 0 Å². The molecule has 0 spiro atoms. The van der Waals surface area contributed by atoms with Gasteiger partial charge in [0.15, 0.2) is 0 Å². The van der Waals surface area contributed by atoms with Crippen LogP contribution in [0.5, 0.6) is 0 Å². The second kappa shape index (κ2) is 6.77. The van der Waals surface area contributed by atoms with Gasteiger partial charge in [0.1, 0.15) is 0 Å². The molecule has 0 aliphatic heterocycles. The summed E-state index contributed by atoms with van der Waals surface area (Å²) in [6.07, 6.45) is 5.34. The predicted octanol–water partition coefficient (Wildman–Crippen LogP) is 4.03. The molecule has 0 bridgehead atoms. The van der Waals surface area contributed by atoms with Crippen molar-refractivity contribution in [2.45, 2.75) is 45.2 Å². The molecule has 0 unspecified atom stereocenters. The van der Waals surface area contributed by atoms with Gasteiger partial charge in [-0.25, -0.2) is 9.50 Å². The highest BCUT2D eigenvalue weighted by Crippen LogP contribution is 2.46. The third kappa shape index (κ3) is 3.09. The van der Waals surface area contributed by atoms with Gasteiger partial charge in [-0.3, -0.25) is 4.79 Å². The Morgan fingerprint density at radius 1 is 1.26 bits per heavy atom. The van der Waals surface area contributed by atoms with Crippen molar-refractivity contribution in [2.75, 3.05) is 5.32 Å². The highest BCUT2D eigenvalue weighted by atomic mass is 32.1.